The molecule has 0 atom stereocenters. The number of benzene rings is 1. The molecule has 1 heterocycles. The summed E-state index contributed by atoms with van der Waals surface area (Å²) in [7, 11) is 1.69. The summed E-state index contributed by atoms with van der Waals surface area (Å²) in [6.07, 6.45) is 3.20. The summed E-state index contributed by atoms with van der Waals surface area (Å²) in [5, 5.41) is 0.632. The minimum absolute atomic E-state index is 0.0366. The van der Waals surface area contributed by atoms with Crippen molar-refractivity contribution in [2.45, 2.75) is 0 Å². The average molecular weight is 186 g/mol. The third-order valence-corrected chi connectivity index (χ3v) is 2.20. The minimum Gasteiger partial charge on any atom is -0.302 e. The van der Waals surface area contributed by atoms with E-state index in [-0.39, 0.29) is 5.56 Å². The monoisotopic (exact) mass is 186 g/mol. The van der Waals surface area contributed by atoms with Crippen molar-refractivity contribution in [2.24, 2.45) is 7.05 Å². The van der Waals surface area contributed by atoms with Crippen LogP contribution in [0.15, 0.2) is 35.9 Å². The topological polar surface area (TPSA) is 34.9 Å². The van der Waals surface area contributed by atoms with Crippen LogP contribution in [0.5, 0.6) is 0 Å². The van der Waals surface area contributed by atoms with Crippen molar-refractivity contribution in [2.75, 3.05) is 0 Å². The summed E-state index contributed by atoms with van der Waals surface area (Å²) in [6.45, 7) is 3.68. The molecule has 70 valence electrons. The Labute approximate surface area is 81.3 Å². The lowest BCUT2D eigenvalue weighted by Gasteiger charge is -2.02. The van der Waals surface area contributed by atoms with Gasteiger partial charge in [-0.2, -0.15) is 0 Å². The van der Waals surface area contributed by atoms with Gasteiger partial charge in [0.2, 0.25) is 0 Å². The quantitative estimate of drug-likeness (QED) is 0.677. The lowest BCUT2D eigenvalue weighted by molar-refractivity contribution is 0.842. The molecule has 0 radical (unpaired) electrons. The minimum atomic E-state index is -0.0366. The van der Waals surface area contributed by atoms with E-state index in [0.717, 1.165) is 5.56 Å². The van der Waals surface area contributed by atoms with Crippen molar-refractivity contribution in [1.82, 2.24) is 9.55 Å². The van der Waals surface area contributed by atoms with Gasteiger partial charge in [0.15, 0.2) is 0 Å². The molecular weight excluding hydrogens is 176 g/mol. The molecular formula is C11H10N2O. The molecule has 0 spiro atoms. The third-order valence-electron chi connectivity index (χ3n) is 2.20. The Morgan fingerprint density at radius 3 is 3.00 bits per heavy atom. The molecule has 14 heavy (non-hydrogen) atoms. The zero-order chi connectivity index (χ0) is 10.1. The molecule has 0 saturated heterocycles. The fraction of sp³-hybridized carbons (Fsp3) is 0.0909. The highest BCUT2D eigenvalue weighted by Gasteiger charge is 2.04. The predicted molar refractivity (Wildman–Crippen MR) is 57.1 cm³/mol. The first-order valence-corrected chi connectivity index (χ1v) is 4.31. The van der Waals surface area contributed by atoms with Crippen molar-refractivity contribution in [3.05, 3.63) is 47.0 Å². The van der Waals surface area contributed by atoms with Gasteiger partial charge in [0, 0.05) is 7.05 Å². The molecule has 2 aromatic rings. The SMILES string of the molecule is C=Cc1cccc2ncn(C)c(=O)c12. The second kappa shape index (κ2) is 3.10. The molecule has 1 aromatic heterocycles. The predicted octanol–water partition coefficient (Wildman–Crippen LogP) is 1.58. The van der Waals surface area contributed by atoms with E-state index in [2.05, 4.69) is 11.6 Å². The molecule has 0 unspecified atom stereocenters. The number of rotatable bonds is 1. The fourth-order valence-electron chi connectivity index (χ4n) is 1.45. The second-order valence-electron chi connectivity index (χ2n) is 3.11. The normalized spacial score (nSPS) is 10.4. The number of aromatic nitrogens is 2. The van der Waals surface area contributed by atoms with Crippen LogP contribution in [-0.2, 0) is 7.05 Å². The summed E-state index contributed by atoms with van der Waals surface area (Å²) in [4.78, 5) is 15.9. The van der Waals surface area contributed by atoms with E-state index in [1.165, 1.54) is 10.9 Å². The number of fused-ring (bicyclic) bond motifs is 1. The number of aryl methyl sites for hydroxylation is 1. The van der Waals surface area contributed by atoms with Crippen LogP contribution < -0.4 is 5.56 Å². The fourth-order valence-corrected chi connectivity index (χ4v) is 1.45. The van der Waals surface area contributed by atoms with Crippen LogP contribution in [-0.4, -0.2) is 9.55 Å². The van der Waals surface area contributed by atoms with Crippen LogP contribution >= 0.6 is 0 Å². The van der Waals surface area contributed by atoms with E-state index in [0.29, 0.717) is 10.9 Å². The zero-order valence-electron chi connectivity index (χ0n) is 7.90. The second-order valence-corrected chi connectivity index (χ2v) is 3.11. The average Bonchev–Trinajstić information content (AvgIpc) is 2.23. The number of nitrogens with zero attached hydrogens (tertiary/aromatic N) is 2. The van der Waals surface area contributed by atoms with E-state index < -0.39 is 0 Å². The van der Waals surface area contributed by atoms with Crippen molar-refractivity contribution in [3.8, 4) is 0 Å². The van der Waals surface area contributed by atoms with Gasteiger partial charge in [-0.25, -0.2) is 4.98 Å². The Balaban J connectivity index is 3.04. The van der Waals surface area contributed by atoms with E-state index in [4.69, 9.17) is 0 Å². The first-order chi connectivity index (χ1) is 6.74. The maximum Gasteiger partial charge on any atom is 0.261 e. The van der Waals surface area contributed by atoms with Crippen LogP contribution in [0.4, 0.5) is 0 Å². The summed E-state index contributed by atoms with van der Waals surface area (Å²) in [5.41, 5.74) is 1.51. The van der Waals surface area contributed by atoms with Gasteiger partial charge in [-0.3, -0.25) is 4.79 Å². The standard InChI is InChI=1S/C11H10N2O/c1-3-8-5-4-6-9-10(8)11(14)13(2)7-12-9/h3-7H,1H2,2H3. The van der Waals surface area contributed by atoms with Gasteiger partial charge in [-0.05, 0) is 11.6 Å². The van der Waals surface area contributed by atoms with Gasteiger partial charge in [-0.15, -0.1) is 0 Å². The molecule has 0 aliphatic rings. The van der Waals surface area contributed by atoms with Gasteiger partial charge in [0.25, 0.3) is 5.56 Å². The summed E-state index contributed by atoms with van der Waals surface area (Å²) in [5.74, 6) is 0. The van der Waals surface area contributed by atoms with Crippen LogP contribution in [0.3, 0.4) is 0 Å². The molecule has 2 rings (SSSR count). The molecule has 1 aromatic carbocycles. The Bertz CT molecular complexity index is 555. The van der Waals surface area contributed by atoms with Crippen molar-refractivity contribution in [1.29, 1.82) is 0 Å². The van der Waals surface area contributed by atoms with E-state index >= 15 is 0 Å². The molecule has 3 nitrogen and oxygen atoms in total. The summed E-state index contributed by atoms with van der Waals surface area (Å²) < 4.78 is 1.47. The van der Waals surface area contributed by atoms with E-state index in [1.54, 1.807) is 13.1 Å². The first kappa shape index (κ1) is 8.69. The number of hydrogen-bond acceptors (Lipinski definition) is 2. The van der Waals surface area contributed by atoms with Gasteiger partial charge < -0.3 is 4.57 Å². The van der Waals surface area contributed by atoms with Crippen molar-refractivity contribution < 1.29 is 0 Å². The Morgan fingerprint density at radius 1 is 1.50 bits per heavy atom. The molecule has 0 fully saturated rings. The van der Waals surface area contributed by atoms with Crippen molar-refractivity contribution >= 4 is 17.0 Å². The van der Waals surface area contributed by atoms with Crippen LogP contribution in [0.1, 0.15) is 5.56 Å². The van der Waals surface area contributed by atoms with Crippen LogP contribution in [0, 0.1) is 0 Å². The maximum atomic E-state index is 11.8. The maximum absolute atomic E-state index is 11.8. The third kappa shape index (κ3) is 1.14. The zero-order valence-corrected chi connectivity index (χ0v) is 7.90. The van der Waals surface area contributed by atoms with Crippen LogP contribution in [0.25, 0.3) is 17.0 Å². The van der Waals surface area contributed by atoms with E-state index in [9.17, 15) is 4.79 Å². The Hall–Kier alpha value is -1.90. The molecule has 0 saturated carbocycles. The molecule has 0 aliphatic carbocycles. The summed E-state index contributed by atoms with van der Waals surface area (Å²) >= 11 is 0. The molecule has 0 aliphatic heterocycles. The van der Waals surface area contributed by atoms with Crippen LogP contribution in [0.2, 0.25) is 0 Å². The highest BCUT2D eigenvalue weighted by atomic mass is 16.1. The Kier molecular flexibility index (Phi) is 1.93. The summed E-state index contributed by atoms with van der Waals surface area (Å²) in [6, 6.07) is 5.55. The lowest BCUT2D eigenvalue weighted by Crippen LogP contribution is -2.17. The number of hydrogen-bond donors (Lipinski definition) is 0. The van der Waals surface area contributed by atoms with Gasteiger partial charge in [0.05, 0.1) is 17.2 Å². The molecule has 3 heteroatoms. The van der Waals surface area contributed by atoms with E-state index in [1.807, 2.05) is 18.2 Å². The van der Waals surface area contributed by atoms with Gasteiger partial charge in [0.1, 0.15) is 0 Å². The first-order valence-electron chi connectivity index (χ1n) is 4.31. The highest BCUT2D eigenvalue weighted by Crippen LogP contribution is 2.12. The molecule has 0 bridgehead atoms. The van der Waals surface area contributed by atoms with Crippen molar-refractivity contribution in [3.63, 3.8) is 0 Å². The molecule has 0 amide bonds. The lowest BCUT2D eigenvalue weighted by atomic mass is 10.1. The smallest absolute Gasteiger partial charge is 0.261 e. The largest absolute Gasteiger partial charge is 0.302 e. The van der Waals surface area contributed by atoms with Gasteiger partial charge >= 0.3 is 0 Å². The Morgan fingerprint density at radius 2 is 2.29 bits per heavy atom. The highest BCUT2D eigenvalue weighted by molar-refractivity contribution is 5.86. The van der Waals surface area contributed by atoms with Gasteiger partial charge in [-0.1, -0.05) is 24.8 Å². The molecule has 0 N–H and O–H groups in total.